The Morgan fingerprint density at radius 1 is 1.27 bits per heavy atom. The highest BCUT2D eigenvalue weighted by atomic mass is 32.1. The Morgan fingerprint density at radius 2 is 1.96 bits per heavy atom. The number of amides is 2. The van der Waals surface area contributed by atoms with Gasteiger partial charge in [-0.05, 0) is 30.5 Å². The quantitative estimate of drug-likeness (QED) is 0.847. The number of primary amides is 1. The minimum atomic E-state index is -0.401. The van der Waals surface area contributed by atoms with E-state index in [9.17, 15) is 9.59 Å². The van der Waals surface area contributed by atoms with E-state index in [1.54, 1.807) is 12.1 Å². The molecule has 6 nitrogen and oxygen atoms in total. The van der Waals surface area contributed by atoms with Crippen LogP contribution in [0.15, 0.2) is 36.0 Å². The predicted molar refractivity (Wildman–Crippen MR) is 104 cm³/mol. The Kier molecular flexibility index (Phi) is 5.80. The standard InChI is InChI=1S/C19H22N4O2S/c1-13(24)22-19-21-11-17(26-19)12-23-8-6-15(7-9-23)10-14-2-4-16(5-3-14)18(20)25/h2-5,10-11H,6-9,12H2,1H3,(H2,20,25)(H,21,22,24). The normalized spacial score (nSPS) is 14.9. The molecule has 3 N–H and O–H groups in total. The first-order valence-electron chi connectivity index (χ1n) is 8.53. The van der Waals surface area contributed by atoms with E-state index in [1.165, 1.54) is 23.8 Å². The predicted octanol–water partition coefficient (Wildman–Crippen LogP) is 2.88. The lowest BCUT2D eigenvalue weighted by atomic mass is 10.0. The lowest BCUT2D eigenvalue weighted by Gasteiger charge is -2.27. The van der Waals surface area contributed by atoms with Crippen molar-refractivity contribution in [1.29, 1.82) is 0 Å². The van der Waals surface area contributed by atoms with Crippen molar-refractivity contribution < 1.29 is 9.59 Å². The van der Waals surface area contributed by atoms with Crippen LogP contribution in [-0.4, -0.2) is 34.8 Å². The van der Waals surface area contributed by atoms with E-state index in [-0.39, 0.29) is 5.91 Å². The molecule has 3 rings (SSSR count). The minimum absolute atomic E-state index is 0.0949. The van der Waals surface area contributed by atoms with E-state index in [0.29, 0.717) is 10.7 Å². The lowest BCUT2D eigenvalue weighted by Crippen LogP contribution is -2.29. The number of piperidine rings is 1. The van der Waals surface area contributed by atoms with Crippen LogP contribution in [0.4, 0.5) is 5.13 Å². The molecule has 0 radical (unpaired) electrons. The topological polar surface area (TPSA) is 88.3 Å². The summed E-state index contributed by atoms with van der Waals surface area (Å²) in [5.74, 6) is -0.496. The molecular formula is C19H22N4O2S. The molecule has 2 amide bonds. The monoisotopic (exact) mass is 370 g/mol. The van der Waals surface area contributed by atoms with Crippen LogP contribution in [0.2, 0.25) is 0 Å². The van der Waals surface area contributed by atoms with Gasteiger partial charge < -0.3 is 11.1 Å². The second-order valence-electron chi connectivity index (χ2n) is 6.38. The van der Waals surface area contributed by atoms with Gasteiger partial charge in [-0.1, -0.05) is 23.8 Å². The van der Waals surface area contributed by atoms with Crippen molar-refractivity contribution in [3.05, 3.63) is 52.0 Å². The fraction of sp³-hybridized carbons (Fsp3) is 0.316. The van der Waals surface area contributed by atoms with Gasteiger partial charge in [-0.25, -0.2) is 4.98 Å². The number of thiazole rings is 1. The van der Waals surface area contributed by atoms with Crippen LogP contribution in [0, 0.1) is 0 Å². The largest absolute Gasteiger partial charge is 0.366 e. The van der Waals surface area contributed by atoms with Gasteiger partial charge in [-0.15, -0.1) is 11.3 Å². The Bertz CT molecular complexity index is 816. The number of aromatic nitrogens is 1. The number of nitrogens with zero attached hydrogens (tertiary/aromatic N) is 2. The number of carbonyl (C=O) groups excluding carboxylic acids is 2. The van der Waals surface area contributed by atoms with Crippen molar-refractivity contribution in [2.24, 2.45) is 5.73 Å². The first kappa shape index (κ1) is 18.3. The summed E-state index contributed by atoms with van der Waals surface area (Å²) in [5, 5.41) is 3.38. The first-order chi connectivity index (χ1) is 12.5. The summed E-state index contributed by atoms with van der Waals surface area (Å²) < 4.78 is 0. The molecule has 1 fully saturated rings. The van der Waals surface area contributed by atoms with Crippen LogP contribution < -0.4 is 11.1 Å². The van der Waals surface area contributed by atoms with E-state index >= 15 is 0 Å². The van der Waals surface area contributed by atoms with Gasteiger partial charge in [-0.3, -0.25) is 14.5 Å². The summed E-state index contributed by atoms with van der Waals surface area (Å²) >= 11 is 1.52. The summed E-state index contributed by atoms with van der Waals surface area (Å²) in [4.78, 5) is 30.0. The molecule has 0 spiro atoms. The summed E-state index contributed by atoms with van der Waals surface area (Å²) in [6, 6.07) is 7.39. The molecule has 26 heavy (non-hydrogen) atoms. The number of nitrogens with one attached hydrogen (secondary N) is 1. The molecule has 1 aromatic carbocycles. The van der Waals surface area contributed by atoms with Crippen LogP contribution in [-0.2, 0) is 11.3 Å². The molecule has 136 valence electrons. The molecule has 0 unspecified atom stereocenters. The van der Waals surface area contributed by atoms with E-state index in [0.717, 1.165) is 42.9 Å². The van der Waals surface area contributed by atoms with Gasteiger partial charge in [0.25, 0.3) is 0 Å². The minimum Gasteiger partial charge on any atom is -0.366 e. The van der Waals surface area contributed by atoms with Gasteiger partial charge >= 0.3 is 0 Å². The Hall–Kier alpha value is -2.51. The van der Waals surface area contributed by atoms with E-state index in [1.807, 2.05) is 18.3 Å². The van der Waals surface area contributed by atoms with Crippen molar-refractivity contribution in [2.75, 3.05) is 18.4 Å². The molecule has 1 aliphatic rings. The average Bonchev–Trinajstić information content (AvgIpc) is 3.03. The molecular weight excluding hydrogens is 348 g/mol. The van der Waals surface area contributed by atoms with E-state index in [2.05, 4.69) is 21.3 Å². The van der Waals surface area contributed by atoms with Crippen LogP contribution >= 0.6 is 11.3 Å². The number of likely N-dealkylation sites (tertiary alicyclic amines) is 1. The number of nitrogens with two attached hydrogens (primary N) is 1. The molecule has 2 heterocycles. The van der Waals surface area contributed by atoms with Gasteiger partial charge in [0.15, 0.2) is 5.13 Å². The van der Waals surface area contributed by atoms with Crippen LogP contribution in [0.3, 0.4) is 0 Å². The second kappa shape index (κ2) is 8.25. The number of hydrogen-bond donors (Lipinski definition) is 2. The zero-order chi connectivity index (χ0) is 18.5. The molecule has 1 aromatic heterocycles. The van der Waals surface area contributed by atoms with Crippen LogP contribution in [0.5, 0.6) is 0 Å². The Morgan fingerprint density at radius 3 is 2.58 bits per heavy atom. The number of rotatable bonds is 5. The van der Waals surface area contributed by atoms with E-state index < -0.39 is 5.91 Å². The molecule has 7 heteroatoms. The highest BCUT2D eigenvalue weighted by molar-refractivity contribution is 7.15. The number of carbonyl (C=O) groups is 2. The van der Waals surface area contributed by atoms with Crippen molar-refractivity contribution in [1.82, 2.24) is 9.88 Å². The highest BCUT2D eigenvalue weighted by Crippen LogP contribution is 2.24. The van der Waals surface area contributed by atoms with Crippen molar-refractivity contribution in [3.63, 3.8) is 0 Å². The summed E-state index contributed by atoms with van der Waals surface area (Å²) in [5.41, 5.74) is 8.31. The van der Waals surface area contributed by atoms with Gasteiger partial charge in [0.2, 0.25) is 11.8 Å². The summed E-state index contributed by atoms with van der Waals surface area (Å²) in [7, 11) is 0. The van der Waals surface area contributed by atoms with Gasteiger partial charge in [-0.2, -0.15) is 0 Å². The third kappa shape index (κ3) is 5.00. The third-order valence-electron chi connectivity index (χ3n) is 4.28. The lowest BCUT2D eigenvalue weighted by molar-refractivity contribution is -0.114. The SMILES string of the molecule is CC(=O)Nc1ncc(CN2CCC(=Cc3ccc(C(N)=O)cc3)CC2)s1. The third-order valence-corrected chi connectivity index (χ3v) is 5.18. The maximum Gasteiger partial charge on any atom is 0.248 e. The Labute approximate surface area is 156 Å². The maximum atomic E-state index is 11.1. The highest BCUT2D eigenvalue weighted by Gasteiger charge is 2.15. The molecule has 0 bridgehead atoms. The van der Waals surface area contributed by atoms with Crippen molar-refractivity contribution in [2.45, 2.75) is 26.3 Å². The van der Waals surface area contributed by atoms with Crippen LogP contribution in [0.25, 0.3) is 6.08 Å². The fourth-order valence-corrected chi connectivity index (χ4v) is 3.83. The molecule has 1 aliphatic heterocycles. The fourth-order valence-electron chi connectivity index (χ4n) is 2.93. The van der Waals surface area contributed by atoms with E-state index in [4.69, 9.17) is 5.73 Å². The number of benzene rings is 1. The zero-order valence-corrected chi connectivity index (χ0v) is 15.5. The molecule has 0 atom stereocenters. The van der Waals surface area contributed by atoms with Crippen molar-refractivity contribution in [3.8, 4) is 0 Å². The molecule has 0 aliphatic carbocycles. The molecule has 2 aromatic rings. The summed E-state index contributed by atoms with van der Waals surface area (Å²) in [6.45, 7) is 4.34. The molecule has 0 saturated carbocycles. The van der Waals surface area contributed by atoms with Crippen molar-refractivity contribution >= 4 is 34.4 Å². The maximum absolute atomic E-state index is 11.1. The Balaban J connectivity index is 1.52. The second-order valence-corrected chi connectivity index (χ2v) is 7.49. The molecule has 1 saturated heterocycles. The average molecular weight is 370 g/mol. The summed E-state index contributed by atoms with van der Waals surface area (Å²) in [6.07, 6.45) is 6.08. The van der Waals surface area contributed by atoms with Gasteiger partial charge in [0.05, 0.1) is 0 Å². The first-order valence-corrected chi connectivity index (χ1v) is 9.35. The zero-order valence-electron chi connectivity index (χ0n) is 14.7. The smallest absolute Gasteiger partial charge is 0.248 e. The number of hydrogen-bond acceptors (Lipinski definition) is 5. The number of anilines is 1. The van der Waals surface area contributed by atoms with Gasteiger partial charge in [0.1, 0.15) is 0 Å². The van der Waals surface area contributed by atoms with Crippen LogP contribution in [0.1, 0.15) is 40.6 Å². The van der Waals surface area contributed by atoms with Gasteiger partial charge in [0, 0.05) is 43.2 Å².